The molecule has 1 unspecified atom stereocenters. The predicted octanol–water partition coefficient (Wildman–Crippen LogP) is 4.43. The first kappa shape index (κ1) is 17.9. The van der Waals surface area contributed by atoms with Crippen molar-refractivity contribution in [2.24, 2.45) is 0 Å². The van der Waals surface area contributed by atoms with Crippen LogP contribution in [0.3, 0.4) is 0 Å². The van der Waals surface area contributed by atoms with Crippen molar-refractivity contribution in [3.05, 3.63) is 0 Å². The molecule has 0 aromatic rings. The van der Waals surface area contributed by atoms with E-state index in [2.05, 4.69) is 13.8 Å². The van der Waals surface area contributed by atoms with Gasteiger partial charge in [0, 0.05) is 0 Å². The lowest BCUT2D eigenvalue weighted by Gasteiger charge is -2.26. The summed E-state index contributed by atoms with van der Waals surface area (Å²) in [7, 11) is 0. The molecule has 0 saturated heterocycles. The van der Waals surface area contributed by atoms with Crippen molar-refractivity contribution in [3.8, 4) is 0 Å². The van der Waals surface area contributed by atoms with Crippen LogP contribution in [0.5, 0.6) is 0 Å². The summed E-state index contributed by atoms with van der Waals surface area (Å²) in [6, 6.07) is 0. The van der Waals surface area contributed by atoms with Crippen molar-refractivity contribution in [2.45, 2.75) is 96.5 Å². The Morgan fingerprint density at radius 3 is 1.50 bits per heavy atom. The van der Waals surface area contributed by atoms with Gasteiger partial charge in [0.05, 0.1) is 12.2 Å². The number of hydrogen-bond acceptors (Lipinski definition) is 2. The van der Waals surface area contributed by atoms with E-state index in [1.165, 1.54) is 51.4 Å². The molecular formula is C16H34O2. The highest BCUT2D eigenvalue weighted by molar-refractivity contribution is 4.77. The molecule has 2 nitrogen and oxygen atoms in total. The number of hydrogen-bond donors (Lipinski definition) is 2. The molecule has 0 amide bonds. The van der Waals surface area contributed by atoms with E-state index in [-0.39, 0.29) is 6.61 Å². The number of unbranched alkanes of at least 4 members (excludes halogenated alkanes) is 8. The third-order valence-corrected chi connectivity index (χ3v) is 3.79. The summed E-state index contributed by atoms with van der Waals surface area (Å²) in [4.78, 5) is 0. The van der Waals surface area contributed by atoms with Gasteiger partial charge in [0.1, 0.15) is 0 Å². The first-order chi connectivity index (χ1) is 8.68. The second-order valence-electron chi connectivity index (χ2n) is 5.71. The van der Waals surface area contributed by atoms with Crippen LogP contribution < -0.4 is 0 Å². The lowest BCUT2D eigenvalue weighted by molar-refractivity contribution is -0.0314. The van der Waals surface area contributed by atoms with Crippen LogP contribution in [0.4, 0.5) is 0 Å². The topological polar surface area (TPSA) is 40.5 Å². The summed E-state index contributed by atoms with van der Waals surface area (Å²) in [5.74, 6) is 0. The highest BCUT2D eigenvalue weighted by Crippen LogP contribution is 2.22. The molecular weight excluding hydrogens is 224 g/mol. The molecule has 0 fully saturated rings. The molecule has 1 atom stereocenters. The summed E-state index contributed by atoms with van der Waals surface area (Å²) < 4.78 is 0. The zero-order chi connectivity index (χ0) is 13.7. The average molecular weight is 258 g/mol. The van der Waals surface area contributed by atoms with E-state index < -0.39 is 5.60 Å². The fourth-order valence-corrected chi connectivity index (χ4v) is 2.40. The Morgan fingerprint density at radius 2 is 1.06 bits per heavy atom. The zero-order valence-electron chi connectivity index (χ0n) is 12.6. The molecule has 0 saturated carbocycles. The largest absolute Gasteiger partial charge is 0.393 e. The molecule has 0 aromatic heterocycles. The minimum atomic E-state index is -0.807. The van der Waals surface area contributed by atoms with Crippen molar-refractivity contribution in [1.82, 2.24) is 0 Å². The number of aliphatic hydroxyl groups is 2. The highest BCUT2D eigenvalue weighted by atomic mass is 16.3. The van der Waals surface area contributed by atoms with E-state index in [0.29, 0.717) is 0 Å². The summed E-state index contributed by atoms with van der Waals surface area (Å²) in [6.45, 7) is 4.34. The van der Waals surface area contributed by atoms with Crippen LogP contribution in [-0.4, -0.2) is 22.4 Å². The van der Waals surface area contributed by atoms with Gasteiger partial charge in [0.25, 0.3) is 0 Å². The lowest BCUT2D eigenvalue weighted by Crippen LogP contribution is -2.33. The van der Waals surface area contributed by atoms with Crippen LogP contribution in [0.15, 0.2) is 0 Å². The van der Waals surface area contributed by atoms with Crippen LogP contribution in [0.2, 0.25) is 0 Å². The second kappa shape index (κ2) is 12.0. The van der Waals surface area contributed by atoms with Crippen LogP contribution >= 0.6 is 0 Å². The van der Waals surface area contributed by atoms with E-state index in [1.54, 1.807) is 0 Å². The highest BCUT2D eigenvalue weighted by Gasteiger charge is 2.24. The normalized spacial score (nSPS) is 14.7. The standard InChI is InChI=1S/C16H34O2/c1-3-5-7-9-10-12-14-16(18,15-17)13-11-8-6-4-2/h17-18H,3-15H2,1-2H3. The average Bonchev–Trinajstić information content (AvgIpc) is 2.39. The molecule has 0 spiro atoms. The Bertz CT molecular complexity index is 170. The Hall–Kier alpha value is -0.0800. The lowest BCUT2D eigenvalue weighted by atomic mass is 9.90. The molecule has 0 aromatic carbocycles. The minimum absolute atomic E-state index is 0.0753. The van der Waals surface area contributed by atoms with Crippen molar-refractivity contribution in [2.75, 3.05) is 6.61 Å². The monoisotopic (exact) mass is 258 g/mol. The maximum atomic E-state index is 10.3. The van der Waals surface area contributed by atoms with Crippen molar-refractivity contribution in [1.29, 1.82) is 0 Å². The van der Waals surface area contributed by atoms with Gasteiger partial charge in [-0.3, -0.25) is 0 Å². The van der Waals surface area contributed by atoms with Gasteiger partial charge in [-0.25, -0.2) is 0 Å². The summed E-state index contributed by atoms with van der Waals surface area (Å²) in [5.41, 5.74) is -0.807. The SMILES string of the molecule is CCCCCCCCC(O)(CO)CCCCCC. The Morgan fingerprint density at radius 1 is 0.667 bits per heavy atom. The Labute approximate surface area is 114 Å². The first-order valence-electron chi connectivity index (χ1n) is 8.01. The maximum absolute atomic E-state index is 10.3. The van der Waals surface area contributed by atoms with Crippen LogP contribution in [0.25, 0.3) is 0 Å². The van der Waals surface area contributed by atoms with Gasteiger partial charge >= 0.3 is 0 Å². The molecule has 0 rings (SSSR count). The molecule has 2 N–H and O–H groups in total. The van der Waals surface area contributed by atoms with Gasteiger partial charge in [-0.15, -0.1) is 0 Å². The number of aliphatic hydroxyl groups excluding tert-OH is 1. The fourth-order valence-electron chi connectivity index (χ4n) is 2.40. The first-order valence-corrected chi connectivity index (χ1v) is 8.01. The van der Waals surface area contributed by atoms with E-state index >= 15 is 0 Å². The van der Waals surface area contributed by atoms with Crippen LogP contribution in [0, 0.1) is 0 Å². The van der Waals surface area contributed by atoms with Gasteiger partial charge in [0.15, 0.2) is 0 Å². The van der Waals surface area contributed by atoms with E-state index in [9.17, 15) is 10.2 Å². The fraction of sp³-hybridized carbons (Fsp3) is 1.00. The molecule has 0 radical (unpaired) electrons. The third kappa shape index (κ3) is 9.90. The van der Waals surface area contributed by atoms with Gasteiger partial charge < -0.3 is 10.2 Å². The Balaban J connectivity index is 3.58. The van der Waals surface area contributed by atoms with Crippen molar-refractivity contribution in [3.63, 3.8) is 0 Å². The van der Waals surface area contributed by atoms with Gasteiger partial charge in [-0.1, -0.05) is 78.1 Å². The molecule has 110 valence electrons. The van der Waals surface area contributed by atoms with E-state index in [4.69, 9.17) is 0 Å². The van der Waals surface area contributed by atoms with Crippen LogP contribution in [0.1, 0.15) is 90.9 Å². The number of rotatable bonds is 13. The summed E-state index contributed by atoms with van der Waals surface area (Å²) >= 11 is 0. The maximum Gasteiger partial charge on any atom is 0.0877 e. The molecule has 0 aliphatic rings. The predicted molar refractivity (Wildman–Crippen MR) is 78.8 cm³/mol. The molecule has 0 aliphatic heterocycles. The van der Waals surface area contributed by atoms with Crippen molar-refractivity contribution < 1.29 is 10.2 Å². The summed E-state index contributed by atoms with van der Waals surface area (Å²) in [6.07, 6.45) is 13.6. The van der Waals surface area contributed by atoms with Crippen molar-refractivity contribution >= 4 is 0 Å². The second-order valence-corrected chi connectivity index (χ2v) is 5.71. The third-order valence-electron chi connectivity index (χ3n) is 3.79. The minimum Gasteiger partial charge on any atom is -0.393 e. The quantitative estimate of drug-likeness (QED) is 0.480. The van der Waals surface area contributed by atoms with Gasteiger partial charge in [-0.05, 0) is 12.8 Å². The zero-order valence-corrected chi connectivity index (χ0v) is 12.6. The molecule has 2 heteroatoms. The summed E-state index contributed by atoms with van der Waals surface area (Å²) in [5, 5.41) is 19.6. The van der Waals surface area contributed by atoms with Gasteiger partial charge in [-0.2, -0.15) is 0 Å². The van der Waals surface area contributed by atoms with E-state index in [1.807, 2.05) is 0 Å². The smallest absolute Gasteiger partial charge is 0.0877 e. The molecule has 18 heavy (non-hydrogen) atoms. The Kier molecular flexibility index (Phi) is 11.9. The molecule has 0 bridgehead atoms. The van der Waals surface area contributed by atoms with Crippen LogP contribution in [-0.2, 0) is 0 Å². The van der Waals surface area contributed by atoms with E-state index in [0.717, 1.165) is 25.7 Å². The molecule has 0 heterocycles. The molecule has 0 aliphatic carbocycles. The van der Waals surface area contributed by atoms with Gasteiger partial charge in [0.2, 0.25) is 0 Å².